The summed E-state index contributed by atoms with van der Waals surface area (Å²) in [5.41, 5.74) is 1.88. The smallest absolute Gasteiger partial charge is 0.336 e. The first-order chi connectivity index (χ1) is 18.2. The Kier molecular flexibility index (Phi) is 11.4. The fraction of sp³-hybridized carbons (Fsp3) is 0.556. The number of likely N-dealkylation sites (tertiary alicyclic amines) is 1. The van der Waals surface area contributed by atoms with Crippen molar-refractivity contribution in [3.8, 4) is 5.75 Å². The van der Waals surface area contributed by atoms with Crippen LogP contribution in [-0.4, -0.2) is 99.7 Å². The number of hydrogen-bond acceptors (Lipinski definition) is 9. The third-order valence-corrected chi connectivity index (χ3v) is 6.69. The van der Waals surface area contributed by atoms with Gasteiger partial charge in [-0.05, 0) is 64.0 Å². The lowest BCUT2D eigenvalue weighted by atomic mass is 9.96. The van der Waals surface area contributed by atoms with Gasteiger partial charge in [0.05, 0.1) is 25.6 Å². The Hall–Kier alpha value is -3.48. The summed E-state index contributed by atoms with van der Waals surface area (Å²) in [6.45, 7) is 8.51. The fourth-order valence-electron chi connectivity index (χ4n) is 4.72. The standard InChI is InChI=1S/C21H31N3O2.C6H8O7/c1-15-20(16(2)26-22-15)11-19-10-17(6-7-21(19)25-5)12-24(4)14-18-8-9-23(3)13-18;7-3(8)1-6(13,5(11)12)2-4(9)10/h6-7,10,18H,8-9,11-14H2,1-5H3;13H,1-2H2,(H,7,8)(H,9,10)(H,11,12). The number of carboxylic acid groups (broad SMARTS) is 3. The van der Waals surface area contributed by atoms with Crippen molar-refractivity contribution < 1.29 is 44.1 Å². The van der Waals surface area contributed by atoms with E-state index in [4.69, 9.17) is 29.7 Å². The summed E-state index contributed by atoms with van der Waals surface area (Å²) < 4.78 is 10.9. The van der Waals surface area contributed by atoms with Gasteiger partial charge in [0.25, 0.3) is 0 Å². The van der Waals surface area contributed by atoms with Crippen LogP contribution in [0.2, 0.25) is 0 Å². The second kappa shape index (κ2) is 14.1. The van der Waals surface area contributed by atoms with Gasteiger partial charge in [-0.1, -0.05) is 17.3 Å². The third-order valence-electron chi connectivity index (χ3n) is 6.69. The van der Waals surface area contributed by atoms with Crippen LogP contribution >= 0.6 is 0 Å². The van der Waals surface area contributed by atoms with Gasteiger partial charge in [0.15, 0.2) is 5.60 Å². The highest BCUT2D eigenvalue weighted by atomic mass is 16.5. The molecular weight excluding hydrogens is 510 g/mol. The van der Waals surface area contributed by atoms with E-state index < -0.39 is 36.4 Å². The molecule has 0 bridgehead atoms. The number of nitrogens with zero attached hydrogens (tertiary/aromatic N) is 3. The van der Waals surface area contributed by atoms with E-state index in [2.05, 4.69) is 47.3 Å². The highest BCUT2D eigenvalue weighted by Gasteiger charge is 2.40. The molecule has 0 amide bonds. The topological polar surface area (TPSA) is 174 Å². The number of aryl methyl sites for hydroxylation is 2. The van der Waals surface area contributed by atoms with Gasteiger partial charge in [-0.3, -0.25) is 9.59 Å². The van der Waals surface area contributed by atoms with Crippen LogP contribution in [0.1, 0.15) is 47.4 Å². The molecule has 1 saturated heterocycles. The molecule has 39 heavy (non-hydrogen) atoms. The Balaban J connectivity index is 0.000000349. The van der Waals surface area contributed by atoms with E-state index >= 15 is 0 Å². The van der Waals surface area contributed by atoms with E-state index in [-0.39, 0.29) is 0 Å². The molecule has 4 N–H and O–H groups in total. The van der Waals surface area contributed by atoms with Crippen molar-refractivity contribution in [2.24, 2.45) is 5.92 Å². The average molecular weight is 550 g/mol. The van der Waals surface area contributed by atoms with Crippen molar-refractivity contribution in [1.82, 2.24) is 15.0 Å². The van der Waals surface area contributed by atoms with Gasteiger partial charge in [-0.15, -0.1) is 0 Å². The zero-order chi connectivity index (χ0) is 29.3. The van der Waals surface area contributed by atoms with Crippen LogP contribution in [0.25, 0.3) is 0 Å². The zero-order valence-electron chi connectivity index (χ0n) is 23.1. The summed E-state index contributed by atoms with van der Waals surface area (Å²) in [5.74, 6) is -2.43. The van der Waals surface area contributed by atoms with Crippen molar-refractivity contribution in [2.45, 2.75) is 51.7 Å². The van der Waals surface area contributed by atoms with Crippen LogP contribution in [0.4, 0.5) is 0 Å². The largest absolute Gasteiger partial charge is 0.496 e. The maximum atomic E-state index is 10.3. The molecule has 216 valence electrons. The Morgan fingerprint density at radius 2 is 1.82 bits per heavy atom. The van der Waals surface area contributed by atoms with E-state index in [0.29, 0.717) is 0 Å². The minimum atomic E-state index is -2.74. The van der Waals surface area contributed by atoms with Gasteiger partial charge >= 0.3 is 17.9 Å². The van der Waals surface area contributed by atoms with Gasteiger partial charge in [-0.25, -0.2) is 4.79 Å². The first kappa shape index (κ1) is 31.7. The van der Waals surface area contributed by atoms with Crippen LogP contribution in [0.5, 0.6) is 5.75 Å². The molecule has 1 aliphatic heterocycles. The van der Waals surface area contributed by atoms with E-state index in [1.165, 1.54) is 30.6 Å². The molecule has 0 spiro atoms. The van der Waals surface area contributed by atoms with Crippen LogP contribution in [0.3, 0.4) is 0 Å². The van der Waals surface area contributed by atoms with Gasteiger partial charge < -0.3 is 39.5 Å². The minimum absolute atomic E-state index is 0.782. The van der Waals surface area contributed by atoms with E-state index in [1.807, 2.05) is 13.8 Å². The van der Waals surface area contributed by atoms with Gasteiger partial charge in [0.1, 0.15) is 11.5 Å². The molecule has 1 aliphatic rings. The molecule has 1 aromatic heterocycles. The summed E-state index contributed by atoms with van der Waals surface area (Å²) in [4.78, 5) is 35.3. The molecule has 3 rings (SSSR count). The van der Waals surface area contributed by atoms with Crippen LogP contribution in [-0.2, 0) is 27.3 Å². The highest BCUT2D eigenvalue weighted by molar-refractivity contribution is 5.88. The molecule has 12 heteroatoms. The summed E-state index contributed by atoms with van der Waals surface area (Å²) >= 11 is 0. The number of aromatic nitrogens is 1. The predicted octanol–water partition coefficient (Wildman–Crippen LogP) is 2.03. The van der Waals surface area contributed by atoms with Crippen molar-refractivity contribution in [2.75, 3.05) is 40.8 Å². The Labute approximate surface area is 227 Å². The summed E-state index contributed by atoms with van der Waals surface area (Å²) in [5, 5.41) is 37.9. The molecule has 2 heterocycles. The number of methoxy groups -OCH3 is 1. The fourth-order valence-corrected chi connectivity index (χ4v) is 4.72. The molecule has 2 aromatic rings. The number of rotatable bonds is 12. The van der Waals surface area contributed by atoms with Gasteiger partial charge in [-0.2, -0.15) is 0 Å². The predicted molar refractivity (Wildman–Crippen MR) is 141 cm³/mol. The lowest BCUT2D eigenvalue weighted by Gasteiger charge is -2.21. The van der Waals surface area contributed by atoms with Crippen LogP contribution in [0, 0.1) is 19.8 Å². The molecule has 0 radical (unpaired) electrons. The molecular formula is C27H39N3O9. The summed E-state index contributed by atoms with van der Waals surface area (Å²) in [7, 11) is 6.16. The molecule has 1 atom stereocenters. The van der Waals surface area contributed by atoms with Crippen LogP contribution < -0.4 is 4.74 Å². The maximum Gasteiger partial charge on any atom is 0.336 e. The van der Waals surface area contributed by atoms with E-state index in [1.54, 1.807) is 7.11 Å². The molecule has 1 fully saturated rings. The summed E-state index contributed by atoms with van der Waals surface area (Å²) in [6.07, 6.45) is -0.195. The second-order valence-corrected chi connectivity index (χ2v) is 10.2. The van der Waals surface area contributed by atoms with Crippen molar-refractivity contribution in [1.29, 1.82) is 0 Å². The zero-order valence-corrected chi connectivity index (χ0v) is 23.1. The first-order valence-electron chi connectivity index (χ1n) is 12.6. The summed E-state index contributed by atoms with van der Waals surface area (Å²) in [6, 6.07) is 6.52. The first-order valence-corrected chi connectivity index (χ1v) is 12.6. The molecule has 1 unspecified atom stereocenters. The van der Waals surface area contributed by atoms with Crippen LogP contribution in [0.15, 0.2) is 22.7 Å². The maximum absolute atomic E-state index is 10.3. The average Bonchev–Trinajstić information content (AvgIpc) is 3.37. The van der Waals surface area contributed by atoms with Crippen molar-refractivity contribution >= 4 is 17.9 Å². The quantitative estimate of drug-likeness (QED) is 0.304. The second-order valence-electron chi connectivity index (χ2n) is 10.2. The SMILES string of the molecule is COc1ccc(CN(C)CC2CCN(C)C2)cc1Cc1c(C)noc1C.O=C(O)CC(O)(CC(=O)O)C(=O)O. The Morgan fingerprint density at radius 3 is 2.28 bits per heavy atom. The molecule has 12 nitrogen and oxygen atoms in total. The number of benzene rings is 1. The van der Waals surface area contributed by atoms with Gasteiger partial charge in [0, 0.05) is 31.6 Å². The number of aliphatic carboxylic acids is 3. The van der Waals surface area contributed by atoms with E-state index in [9.17, 15) is 14.4 Å². The number of aliphatic hydroxyl groups is 1. The monoisotopic (exact) mass is 549 g/mol. The molecule has 0 saturated carbocycles. The van der Waals surface area contributed by atoms with Crippen molar-refractivity contribution in [3.05, 3.63) is 46.3 Å². The highest BCUT2D eigenvalue weighted by Crippen LogP contribution is 2.26. The van der Waals surface area contributed by atoms with Crippen molar-refractivity contribution in [3.63, 3.8) is 0 Å². The number of ether oxygens (including phenoxy) is 1. The number of hydrogen-bond donors (Lipinski definition) is 4. The Morgan fingerprint density at radius 1 is 1.18 bits per heavy atom. The Bertz CT molecular complexity index is 1110. The molecule has 1 aromatic carbocycles. The number of carbonyl (C=O) groups is 3. The lowest BCUT2D eigenvalue weighted by Crippen LogP contribution is -2.42. The lowest BCUT2D eigenvalue weighted by molar-refractivity contribution is -0.170. The number of carboxylic acids is 3. The normalized spacial score (nSPS) is 15.6. The third kappa shape index (κ3) is 9.65. The van der Waals surface area contributed by atoms with E-state index in [0.717, 1.165) is 48.2 Å². The minimum Gasteiger partial charge on any atom is -0.496 e. The van der Waals surface area contributed by atoms with Gasteiger partial charge in [0.2, 0.25) is 0 Å². The molecule has 0 aliphatic carbocycles.